The Morgan fingerprint density at radius 3 is 1.20 bits per heavy atom. The number of rotatable bonds is 8. The van der Waals surface area contributed by atoms with Crippen LogP contribution in [-0.2, 0) is 28.7 Å². The highest BCUT2D eigenvalue weighted by Crippen LogP contribution is 2.42. The molecule has 4 aromatic carbocycles. The average molecular weight is 683 g/mol. The second-order valence-corrected chi connectivity index (χ2v) is 10.9. The van der Waals surface area contributed by atoms with Gasteiger partial charge in [0.1, 0.15) is 22.8 Å². The van der Waals surface area contributed by atoms with E-state index in [0.29, 0.717) is 22.5 Å². The Balaban J connectivity index is 0.000000194. The summed E-state index contributed by atoms with van der Waals surface area (Å²) in [5, 5.41) is 20.6. The molecule has 2 amide bonds. The first-order chi connectivity index (χ1) is 24.1. The Bertz CT molecular complexity index is 1800. The third-order valence-corrected chi connectivity index (χ3v) is 7.85. The van der Waals surface area contributed by atoms with Crippen LogP contribution in [0.1, 0.15) is 37.1 Å². The van der Waals surface area contributed by atoms with Crippen LogP contribution in [0.15, 0.2) is 132 Å². The van der Waals surface area contributed by atoms with E-state index in [-0.39, 0.29) is 24.4 Å². The van der Waals surface area contributed by atoms with Gasteiger partial charge in [0.25, 0.3) is 11.8 Å². The number of carbonyl (C=O) groups is 4. The van der Waals surface area contributed by atoms with Crippen molar-refractivity contribution < 1.29 is 47.6 Å². The van der Waals surface area contributed by atoms with Gasteiger partial charge in [-0.3, -0.25) is 19.4 Å². The summed E-state index contributed by atoms with van der Waals surface area (Å²) in [5.41, 5.74) is 1.70. The fraction of sp³-hybridized carbons (Fsp3) is 0.158. The number of ether oxygens (including phenoxy) is 2. The van der Waals surface area contributed by atoms with Crippen molar-refractivity contribution in [1.29, 1.82) is 0 Å². The molecule has 50 heavy (non-hydrogen) atoms. The summed E-state index contributed by atoms with van der Waals surface area (Å²) < 4.78 is 36.6. The Labute approximate surface area is 286 Å². The summed E-state index contributed by atoms with van der Waals surface area (Å²) in [4.78, 5) is 52.5. The van der Waals surface area contributed by atoms with Gasteiger partial charge in [0.05, 0.1) is 25.3 Å². The van der Waals surface area contributed by atoms with E-state index in [0.717, 1.165) is 0 Å². The zero-order valence-corrected chi connectivity index (χ0v) is 27.0. The first-order valence-electron chi connectivity index (χ1n) is 15.6. The SMILES string of the molecule is CCOC(=O)C1=C(O)C(=O)N(c2ccccc2)[C@@H]1c1ccc(F)cc1.CCOC(=O)C1=C(O)C(=O)N(c2ccccc2)[C@@H]1c1ccc(F)cc1. The molecule has 2 aliphatic rings. The molecule has 0 fully saturated rings. The van der Waals surface area contributed by atoms with Crippen LogP contribution in [0.25, 0.3) is 0 Å². The van der Waals surface area contributed by atoms with Gasteiger partial charge in [0.2, 0.25) is 0 Å². The molecule has 2 atom stereocenters. The molecule has 0 spiro atoms. The molecule has 256 valence electrons. The lowest BCUT2D eigenvalue weighted by atomic mass is 9.99. The first kappa shape index (κ1) is 35.0. The van der Waals surface area contributed by atoms with Crippen molar-refractivity contribution in [3.05, 3.63) is 155 Å². The predicted octanol–water partition coefficient (Wildman–Crippen LogP) is 6.58. The average Bonchev–Trinajstić information content (AvgIpc) is 3.54. The number of aliphatic hydroxyl groups excluding tert-OH is 2. The molecule has 0 bridgehead atoms. The number of anilines is 2. The Kier molecular flexibility index (Phi) is 10.7. The Hall–Kier alpha value is -6.30. The number of esters is 2. The molecule has 2 N–H and O–H groups in total. The van der Waals surface area contributed by atoms with E-state index in [9.17, 15) is 38.2 Å². The van der Waals surface area contributed by atoms with Gasteiger partial charge in [-0.05, 0) is 73.5 Å². The number of carbonyl (C=O) groups excluding carboxylic acids is 4. The number of benzene rings is 4. The fourth-order valence-corrected chi connectivity index (χ4v) is 5.68. The van der Waals surface area contributed by atoms with Crippen molar-refractivity contribution >= 4 is 35.1 Å². The van der Waals surface area contributed by atoms with Gasteiger partial charge in [0, 0.05) is 11.4 Å². The van der Waals surface area contributed by atoms with Gasteiger partial charge in [-0.2, -0.15) is 0 Å². The van der Waals surface area contributed by atoms with Crippen molar-refractivity contribution in [1.82, 2.24) is 0 Å². The minimum Gasteiger partial charge on any atom is -0.503 e. The van der Waals surface area contributed by atoms with E-state index in [1.165, 1.54) is 58.3 Å². The summed E-state index contributed by atoms with van der Waals surface area (Å²) in [6.07, 6.45) is 0. The van der Waals surface area contributed by atoms with Crippen LogP contribution in [-0.4, -0.2) is 47.2 Å². The van der Waals surface area contributed by atoms with Gasteiger partial charge in [-0.1, -0.05) is 60.7 Å². The third kappa shape index (κ3) is 6.95. The maximum absolute atomic E-state index is 13.3. The number of hydrogen-bond donors (Lipinski definition) is 2. The van der Waals surface area contributed by atoms with Gasteiger partial charge < -0.3 is 19.7 Å². The smallest absolute Gasteiger partial charge is 0.340 e. The lowest BCUT2D eigenvalue weighted by molar-refractivity contribution is -0.139. The normalized spacial score (nSPS) is 17.1. The highest BCUT2D eigenvalue weighted by Gasteiger charge is 2.46. The van der Waals surface area contributed by atoms with Crippen molar-refractivity contribution in [2.45, 2.75) is 25.9 Å². The standard InChI is InChI=1S/2C19H16FNO4/c2*1-2-25-19(24)15-16(12-8-10-13(20)11-9-12)21(18(23)17(15)22)14-6-4-3-5-7-14/h2*3-11,16,22H,2H2,1H3/t2*16-/m11/s1. The largest absolute Gasteiger partial charge is 0.503 e. The Morgan fingerprint density at radius 2 is 0.900 bits per heavy atom. The van der Waals surface area contributed by atoms with Crippen LogP contribution < -0.4 is 9.80 Å². The molecule has 2 heterocycles. The van der Waals surface area contributed by atoms with Crippen LogP contribution in [0, 0.1) is 11.6 Å². The Morgan fingerprint density at radius 1 is 0.580 bits per heavy atom. The van der Waals surface area contributed by atoms with Crippen molar-refractivity contribution in [3.63, 3.8) is 0 Å². The summed E-state index contributed by atoms with van der Waals surface area (Å²) in [5.74, 6) is -5.15. The second-order valence-electron chi connectivity index (χ2n) is 10.9. The topological polar surface area (TPSA) is 134 Å². The quantitative estimate of drug-likeness (QED) is 0.199. The van der Waals surface area contributed by atoms with Crippen molar-refractivity contribution in [2.75, 3.05) is 23.0 Å². The summed E-state index contributed by atoms with van der Waals surface area (Å²) in [6.45, 7) is 3.47. The zero-order chi connectivity index (χ0) is 35.9. The maximum Gasteiger partial charge on any atom is 0.340 e. The second kappa shape index (κ2) is 15.3. The van der Waals surface area contributed by atoms with E-state index >= 15 is 0 Å². The third-order valence-electron chi connectivity index (χ3n) is 7.85. The predicted molar refractivity (Wildman–Crippen MR) is 179 cm³/mol. The van der Waals surface area contributed by atoms with E-state index < -0.39 is 59.0 Å². The first-order valence-corrected chi connectivity index (χ1v) is 15.6. The number of halogens is 2. The van der Waals surface area contributed by atoms with E-state index in [4.69, 9.17) is 9.47 Å². The van der Waals surface area contributed by atoms with E-state index in [2.05, 4.69) is 0 Å². The van der Waals surface area contributed by atoms with Crippen molar-refractivity contribution in [3.8, 4) is 0 Å². The lowest BCUT2D eigenvalue weighted by Gasteiger charge is -2.26. The molecule has 12 heteroatoms. The minimum absolute atomic E-state index is 0.102. The molecule has 10 nitrogen and oxygen atoms in total. The zero-order valence-electron chi connectivity index (χ0n) is 27.0. The molecule has 0 aliphatic carbocycles. The number of amides is 2. The number of nitrogens with zero attached hydrogens (tertiary/aromatic N) is 2. The molecule has 0 saturated carbocycles. The molecule has 0 aromatic heterocycles. The highest BCUT2D eigenvalue weighted by molar-refractivity contribution is 6.16. The molecular weight excluding hydrogens is 650 g/mol. The summed E-state index contributed by atoms with van der Waals surface area (Å²) >= 11 is 0. The molecule has 0 radical (unpaired) electrons. The van der Waals surface area contributed by atoms with Crippen LogP contribution in [0.3, 0.4) is 0 Å². The minimum atomic E-state index is -0.894. The van der Waals surface area contributed by atoms with Gasteiger partial charge in [-0.15, -0.1) is 0 Å². The van der Waals surface area contributed by atoms with Crippen molar-refractivity contribution in [2.24, 2.45) is 0 Å². The summed E-state index contributed by atoms with van der Waals surface area (Å²) in [6, 6.07) is 26.4. The summed E-state index contributed by atoms with van der Waals surface area (Å²) in [7, 11) is 0. The number of para-hydroxylation sites is 2. The molecular formula is C38H32F2N2O8. The number of hydrogen-bond acceptors (Lipinski definition) is 8. The molecule has 6 rings (SSSR count). The van der Waals surface area contributed by atoms with Crippen LogP contribution >= 0.6 is 0 Å². The van der Waals surface area contributed by atoms with E-state index in [1.807, 2.05) is 0 Å². The number of aliphatic hydroxyl groups is 2. The van der Waals surface area contributed by atoms with Gasteiger partial charge in [-0.25, -0.2) is 18.4 Å². The molecule has 4 aromatic rings. The van der Waals surface area contributed by atoms with Crippen LogP contribution in [0.5, 0.6) is 0 Å². The molecule has 0 unspecified atom stereocenters. The fourth-order valence-electron chi connectivity index (χ4n) is 5.68. The monoisotopic (exact) mass is 682 g/mol. The van der Waals surface area contributed by atoms with E-state index in [1.54, 1.807) is 74.5 Å². The van der Waals surface area contributed by atoms with Crippen LogP contribution in [0.4, 0.5) is 20.2 Å². The van der Waals surface area contributed by atoms with Gasteiger partial charge >= 0.3 is 11.9 Å². The maximum atomic E-state index is 13.3. The molecule has 0 saturated heterocycles. The molecule has 2 aliphatic heterocycles. The van der Waals surface area contributed by atoms with Crippen LogP contribution in [0.2, 0.25) is 0 Å². The van der Waals surface area contributed by atoms with Gasteiger partial charge in [0.15, 0.2) is 11.5 Å². The lowest BCUT2D eigenvalue weighted by Crippen LogP contribution is -2.31. The highest BCUT2D eigenvalue weighted by atomic mass is 19.1.